The molecule has 2 aromatic rings. The van der Waals surface area contributed by atoms with Gasteiger partial charge in [0.25, 0.3) is 5.69 Å². The molecule has 1 aromatic heterocycles. The van der Waals surface area contributed by atoms with E-state index >= 15 is 0 Å². The van der Waals surface area contributed by atoms with Crippen LogP contribution in [0, 0.1) is 10.1 Å². The van der Waals surface area contributed by atoms with Gasteiger partial charge in [-0.05, 0) is 19.4 Å². The van der Waals surface area contributed by atoms with E-state index in [4.69, 9.17) is 15.3 Å². The van der Waals surface area contributed by atoms with E-state index in [-0.39, 0.29) is 34.0 Å². The number of carboxylic acid groups (broad SMARTS) is 2. The average molecular weight is 348 g/mol. The van der Waals surface area contributed by atoms with Crippen molar-refractivity contribution in [2.24, 2.45) is 0 Å². The van der Waals surface area contributed by atoms with Crippen molar-refractivity contribution in [3.63, 3.8) is 0 Å². The van der Waals surface area contributed by atoms with Gasteiger partial charge in [-0.2, -0.15) is 0 Å². The van der Waals surface area contributed by atoms with Crippen LogP contribution in [0.1, 0.15) is 34.6 Å². The Balaban J connectivity index is 0.000000705. The highest BCUT2D eigenvalue weighted by Crippen LogP contribution is 2.30. The summed E-state index contributed by atoms with van der Waals surface area (Å²) in [5, 5.41) is 37.1. The van der Waals surface area contributed by atoms with Gasteiger partial charge in [-0.25, -0.2) is 9.59 Å². The van der Waals surface area contributed by atoms with Crippen LogP contribution in [0.2, 0.25) is 0 Å². The number of hydrogen-bond donors (Lipinski definition) is 3. The lowest BCUT2D eigenvalue weighted by atomic mass is 9.96. The lowest BCUT2D eigenvalue weighted by molar-refractivity contribution is -0.384. The molecule has 0 amide bonds. The average Bonchev–Trinajstić information content (AvgIpc) is 2.53. The zero-order valence-corrected chi connectivity index (χ0v) is 13.4. The highest BCUT2D eigenvalue weighted by atomic mass is 16.6. The van der Waals surface area contributed by atoms with Gasteiger partial charge in [0.15, 0.2) is 0 Å². The molecule has 0 spiro atoms. The predicted molar refractivity (Wildman–Crippen MR) is 87.6 cm³/mol. The summed E-state index contributed by atoms with van der Waals surface area (Å²) in [5.74, 6) is -2.74. The number of nitrogens with zero attached hydrogens (tertiary/aromatic N) is 2. The van der Waals surface area contributed by atoms with Gasteiger partial charge in [-0.1, -0.05) is 12.1 Å². The van der Waals surface area contributed by atoms with Gasteiger partial charge in [0.1, 0.15) is 0 Å². The summed E-state index contributed by atoms with van der Waals surface area (Å²) in [5.41, 5.74) is -0.933. The molecule has 2 rings (SSSR count). The minimum atomic E-state index is -1.37. The van der Waals surface area contributed by atoms with E-state index in [9.17, 15) is 19.7 Å². The summed E-state index contributed by atoms with van der Waals surface area (Å²) >= 11 is 0. The molecule has 0 unspecified atom stereocenters. The lowest BCUT2D eigenvalue weighted by Crippen LogP contribution is -2.08. The van der Waals surface area contributed by atoms with Gasteiger partial charge in [-0.3, -0.25) is 15.1 Å². The predicted octanol–water partition coefficient (Wildman–Crippen LogP) is 2.44. The highest BCUT2D eigenvalue weighted by Gasteiger charge is 2.21. The molecule has 0 radical (unpaired) electrons. The normalized spacial score (nSPS) is 9.92. The molecule has 3 N–H and O–H groups in total. The second-order valence-electron chi connectivity index (χ2n) is 5.12. The maximum atomic E-state index is 11.2. The van der Waals surface area contributed by atoms with Crippen molar-refractivity contribution in [2.75, 3.05) is 0 Å². The summed E-state index contributed by atoms with van der Waals surface area (Å²) in [6, 6.07) is 5.10. The number of nitro groups is 1. The molecule has 0 saturated heterocycles. The summed E-state index contributed by atoms with van der Waals surface area (Å²) in [7, 11) is 0. The topological polar surface area (TPSA) is 151 Å². The summed E-state index contributed by atoms with van der Waals surface area (Å²) in [4.78, 5) is 36.2. The first-order chi connectivity index (χ1) is 11.6. The largest absolute Gasteiger partial charge is 0.478 e. The molecule has 1 heterocycles. The number of pyridine rings is 1. The Morgan fingerprint density at radius 2 is 1.60 bits per heavy atom. The summed E-state index contributed by atoms with van der Waals surface area (Å²) < 4.78 is 0. The number of aliphatic hydroxyl groups is 1. The Bertz CT molecular complexity index is 768. The second-order valence-corrected chi connectivity index (χ2v) is 5.12. The molecule has 0 aliphatic carbocycles. The van der Waals surface area contributed by atoms with Crippen molar-refractivity contribution in [3.8, 4) is 11.1 Å². The molecule has 132 valence electrons. The van der Waals surface area contributed by atoms with Gasteiger partial charge in [0, 0.05) is 36.2 Å². The van der Waals surface area contributed by atoms with Crippen LogP contribution in [0.3, 0.4) is 0 Å². The third-order valence-corrected chi connectivity index (χ3v) is 2.75. The quantitative estimate of drug-likeness (QED) is 0.563. The van der Waals surface area contributed by atoms with Crippen molar-refractivity contribution in [3.05, 3.63) is 57.9 Å². The van der Waals surface area contributed by atoms with E-state index in [1.54, 1.807) is 13.8 Å². The van der Waals surface area contributed by atoms with E-state index in [1.807, 2.05) is 0 Å². The van der Waals surface area contributed by atoms with E-state index < -0.39 is 16.9 Å². The molecule has 0 atom stereocenters. The van der Waals surface area contributed by atoms with Crippen LogP contribution in [-0.2, 0) is 0 Å². The fraction of sp³-hybridized carbons (Fsp3) is 0.188. The number of aromatic carboxylic acids is 2. The minimum absolute atomic E-state index is 0.117. The van der Waals surface area contributed by atoms with Crippen molar-refractivity contribution in [1.29, 1.82) is 0 Å². The molecule has 0 aliphatic rings. The van der Waals surface area contributed by atoms with E-state index in [0.717, 1.165) is 18.5 Å². The van der Waals surface area contributed by atoms with Crippen LogP contribution in [0.15, 0.2) is 36.7 Å². The van der Waals surface area contributed by atoms with Gasteiger partial charge < -0.3 is 15.3 Å². The Morgan fingerprint density at radius 1 is 1.12 bits per heavy atom. The number of nitro benzene ring substituents is 1. The third-order valence-electron chi connectivity index (χ3n) is 2.75. The lowest BCUT2D eigenvalue weighted by Gasteiger charge is -2.09. The van der Waals surface area contributed by atoms with Crippen LogP contribution in [0.25, 0.3) is 11.1 Å². The van der Waals surface area contributed by atoms with Gasteiger partial charge in [0.05, 0.1) is 16.1 Å². The zero-order chi connectivity index (χ0) is 19.1. The van der Waals surface area contributed by atoms with Crippen LogP contribution in [-0.4, -0.2) is 43.3 Å². The fourth-order valence-electron chi connectivity index (χ4n) is 1.87. The molecule has 0 fully saturated rings. The van der Waals surface area contributed by atoms with Crippen LogP contribution in [0.4, 0.5) is 5.69 Å². The Labute approximate surface area is 142 Å². The van der Waals surface area contributed by atoms with Crippen LogP contribution in [0.5, 0.6) is 0 Å². The number of benzene rings is 1. The number of aliphatic hydroxyl groups excluding tert-OH is 1. The molecule has 1 aromatic carbocycles. The van der Waals surface area contributed by atoms with E-state index in [1.165, 1.54) is 18.2 Å². The SMILES string of the molecule is CC(C)O.O=C(O)c1cncc(C(=O)O)c1-c1cccc([N+](=O)[O-])c1. The number of non-ortho nitro benzene ring substituents is 1. The number of hydrogen-bond acceptors (Lipinski definition) is 6. The zero-order valence-electron chi connectivity index (χ0n) is 13.4. The molecule has 25 heavy (non-hydrogen) atoms. The molecule has 0 saturated carbocycles. The van der Waals surface area contributed by atoms with Crippen molar-refractivity contribution >= 4 is 17.6 Å². The first-order valence-corrected chi connectivity index (χ1v) is 7.02. The van der Waals surface area contributed by atoms with Crippen LogP contribution < -0.4 is 0 Å². The Kier molecular flexibility index (Phi) is 6.71. The van der Waals surface area contributed by atoms with Crippen molar-refractivity contribution < 1.29 is 29.8 Å². The minimum Gasteiger partial charge on any atom is -0.478 e. The highest BCUT2D eigenvalue weighted by molar-refractivity contribution is 6.04. The van der Waals surface area contributed by atoms with Gasteiger partial charge >= 0.3 is 11.9 Å². The maximum absolute atomic E-state index is 11.2. The smallest absolute Gasteiger partial charge is 0.337 e. The van der Waals surface area contributed by atoms with E-state index in [0.29, 0.717) is 0 Å². The maximum Gasteiger partial charge on any atom is 0.337 e. The first kappa shape index (κ1) is 19.7. The third kappa shape index (κ3) is 5.36. The standard InChI is InChI=1S/C13H8N2O6.C3H8O/c16-12(17)9-5-14-6-10(13(18)19)11(9)7-2-1-3-8(4-7)15(20)21;1-3(2)4/h1-6H,(H,16,17)(H,18,19);3-4H,1-2H3. The van der Waals surface area contributed by atoms with Gasteiger partial charge in [-0.15, -0.1) is 0 Å². The molecule has 0 bridgehead atoms. The Morgan fingerprint density at radius 3 is 2.00 bits per heavy atom. The Hall–Kier alpha value is -3.33. The number of carboxylic acids is 2. The summed E-state index contributed by atoms with van der Waals surface area (Å²) in [6.07, 6.45) is 1.84. The molecular formula is C16H16N2O7. The van der Waals surface area contributed by atoms with Crippen molar-refractivity contribution in [1.82, 2.24) is 4.98 Å². The molecule has 9 nitrogen and oxygen atoms in total. The number of aromatic nitrogens is 1. The summed E-state index contributed by atoms with van der Waals surface area (Å²) in [6.45, 7) is 3.44. The number of carbonyl (C=O) groups is 2. The van der Waals surface area contributed by atoms with Crippen molar-refractivity contribution in [2.45, 2.75) is 20.0 Å². The number of rotatable bonds is 4. The van der Waals surface area contributed by atoms with E-state index in [2.05, 4.69) is 4.98 Å². The monoisotopic (exact) mass is 348 g/mol. The first-order valence-electron chi connectivity index (χ1n) is 7.02. The second kappa shape index (κ2) is 8.50. The van der Waals surface area contributed by atoms with Gasteiger partial charge in [0.2, 0.25) is 0 Å². The fourth-order valence-corrected chi connectivity index (χ4v) is 1.87. The van der Waals surface area contributed by atoms with Crippen LogP contribution >= 0.6 is 0 Å². The molecular weight excluding hydrogens is 332 g/mol. The molecule has 9 heteroatoms. The molecule has 0 aliphatic heterocycles.